The summed E-state index contributed by atoms with van der Waals surface area (Å²) in [4.78, 5) is 4.39. The second-order valence-electron chi connectivity index (χ2n) is 3.09. The fraction of sp³-hybridized carbons (Fsp3) is 0.222. The van der Waals surface area contributed by atoms with Crippen molar-refractivity contribution in [1.29, 1.82) is 0 Å². The highest BCUT2D eigenvalue weighted by Crippen LogP contribution is 2.26. The van der Waals surface area contributed by atoms with Crippen LogP contribution < -0.4 is 5.73 Å². The highest BCUT2D eigenvalue weighted by atomic mass is 79.9. The van der Waals surface area contributed by atoms with Crippen LogP contribution in [0.3, 0.4) is 0 Å². The van der Waals surface area contributed by atoms with Gasteiger partial charge in [0, 0.05) is 17.2 Å². The van der Waals surface area contributed by atoms with Crippen LogP contribution >= 0.6 is 15.9 Å². The van der Waals surface area contributed by atoms with Crippen molar-refractivity contribution in [3.63, 3.8) is 0 Å². The minimum Gasteiger partial charge on any atom is -0.399 e. The average Bonchev–Trinajstić information content (AvgIpc) is 2.27. The lowest BCUT2D eigenvalue weighted by molar-refractivity contribution is 0.884. The molecule has 0 aliphatic carbocycles. The zero-order chi connectivity index (χ0) is 9.59. The molecule has 0 unspecified atom stereocenters. The lowest BCUT2D eigenvalue weighted by atomic mass is 10.3. The van der Waals surface area contributed by atoms with E-state index in [-0.39, 0.29) is 0 Å². The minimum atomic E-state index is 0.734. The van der Waals surface area contributed by atoms with Gasteiger partial charge in [0.05, 0.1) is 11.0 Å². The van der Waals surface area contributed by atoms with Gasteiger partial charge in [0.25, 0.3) is 0 Å². The van der Waals surface area contributed by atoms with Crippen molar-refractivity contribution in [2.75, 3.05) is 5.73 Å². The van der Waals surface area contributed by atoms with Gasteiger partial charge in [-0.1, -0.05) is 0 Å². The first-order chi connectivity index (χ1) is 6.09. The second kappa shape index (κ2) is 2.73. The molecule has 2 N–H and O–H groups in total. The van der Waals surface area contributed by atoms with Crippen LogP contribution in [0.5, 0.6) is 0 Å². The van der Waals surface area contributed by atoms with Gasteiger partial charge in [-0.3, -0.25) is 0 Å². The van der Waals surface area contributed by atoms with E-state index < -0.39 is 0 Å². The number of nitrogens with zero attached hydrogens (tertiary/aromatic N) is 2. The quantitative estimate of drug-likeness (QED) is 0.717. The topological polar surface area (TPSA) is 43.8 Å². The van der Waals surface area contributed by atoms with E-state index in [4.69, 9.17) is 5.73 Å². The van der Waals surface area contributed by atoms with Gasteiger partial charge in [0.15, 0.2) is 0 Å². The molecule has 1 heterocycles. The second-order valence-corrected chi connectivity index (χ2v) is 3.94. The molecule has 0 radical (unpaired) electrons. The largest absolute Gasteiger partial charge is 0.399 e. The number of imidazole rings is 1. The van der Waals surface area contributed by atoms with Crippen LogP contribution in [0.2, 0.25) is 0 Å². The molecule has 0 amide bonds. The molecular weight excluding hydrogens is 230 g/mol. The van der Waals surface area contributed by atoms with Crippen molar-refractivity contribution in [3.05, 3.63) is 22.4 Å². The predicted octanol–water partition coefficient (Wildman–Crippen LogP) is 2.23. The number of nitrogens with two attached hydrogens (primary N) is 1. The lowest BCUT2D eigenvalue weighted by Gasteiger charge is -2.00. The molecule has 0 fully saturated rings. The Morgan fingerprint density at radius 1 is 1.46 bits per heavy atom. The van der Waals surface area contributed by atoms with Gasteiger partial charge in [0.2, 0.25) is 0 Å². The average molecular weight is 240 g/mol. The summed E-state index contributed by atoms with van der Waals surface area (Å²) in [6, 6.07) is 3.77. The molecule has 0 aliphatic heterocycles. The lowest BCUT2D eigenvalue weighted by Crippen LogP contribution is -1.91. The number of hydrogen-bond donors (Lipinski definition) is 1. The molecule has 0 bridgehead atoms. The Kier molecular flexibility index (Phi) is 1.80. The van der Waals surface area contributed by atoms with Crippen molar-refractivity contribution in [2.24, 2.45) is 7.05 Å². The molecule has 0 spiro atoms. The van der Waals surface area contributed by atoms with E-state index in [2.05, 4.69) is 20.9 Å². The maximum atomic E-state index is 5.70. The van der Waals surface area contributed by atoms with E-state index >= 15 is 0 Å². The highest BCUT2D eigenvalue weighted by molar-refractivity contribution is 9.10. The number of aryl methyl sites for hydroxylation is 2. The summed E-state index contributed by atoms with van der Waals surface area (Å²) >= 11 is 3.47. The molecule has 1 aromatic carbocycles. The molecule has 3 nitrogen and oxygen atoms in total. The Bertz CT molecular complexity index is 473. The molecule has 0 aliphatic rings. The van der Waals surface area contributed by atoms with E-state index in [1.54, 1.807) is 0 Å². The van der Waals surface area contributed by atoms with Crippen LogP contribution in [0.25, 0.3) is 11.0 Å². The van der Waals surface area contributed by atoms with Crippen molar-refractivity contribution < 1.29 is 0 Å². The van der Waals surface area contributed by atoms with Gasteiger partial charge in [-0.05, 0) is 35.0 Å². The molecule has 2 rings (SSSR count). The van der Waals surface area contributed by atoms with Crippen LogP contribution in [-0.2, 0) is 7.05 Å². The fourth-order valence-electron chi connectivity index (χ4n) is 1.43. The first-order valence-corrected chi connectivity index (χ1v) is 4.77. The minimum absolute atomic E-state index is 0.734. The Morgan fingerprint density at radius 3 is 2.85 bits per heavy atom. The van der Waals surface area contributed by atoms with Gasteiger partial charge >= 0.3 is 0 Å². The Morgan fingerprint density at radius 2 is 2.15 bits per heavy atom. The maximum absolute atomic E-state index is 5.70. The number of hydrogen-bond acceptors (Lipinski definition) is 2. The first-order valence-electron chi connectivity index (χ1n) is 3.97. The van der Waals surface area contributed by atoms with Crippen molar-refractivity contribution in [3.8, 4) is 0 Å². The number of nitrogen functional groups attached to an aromatic ring is 1. The zero-order valence-electron chi connectivity index (χ0n) is 7.50. The van der Waals surface area contributed by atoms with Gasteiger partial charge in [-0.15, -0.1) is 0 Å². The predicted molar refractivity (Wildman–Crippen MR) is 57.6 cm³/mol. The SMILES string of the molecule is Cc1nc2cc(N)cc(Br)c2n1C. The van der Waals surface area contributed by atoms with Crippen LogP contribution in [0, 0.1) is 6.92 Å². The summed E-state index contributed by atoms with van der Waals surface area (Å²) < 4.78 is 3.03. The third-order valence-corrected chi connectivity index (χ3v) is 2.77. The van der Waals surface area contributed by atoms with Gasteiger partial charge in [-0.2, -0.15) is 0 Å². The van der Waals surface area contributed by atoms with Crippen molar-refractivity contribution >= 4 is 32.7 Å². The molecule has 1 aromatic heterocycles. The third-order valence-electron chi connectivity index (χ3n) is 2.17. The number of halogens is 1. The number of aromatic nitrogens is 2. The summed E-state index contributed by atoms with van der Waals surface area (Å²) in [5.41, 5.74) is 8.47. The van der Waals surface area contributed by atoms with E-state index in [0.717, 1.165) is 27.0 Å². The van der Waals surface area contributed by atoms with Gasteiger partial charge in [-0.25, -0.2) is 4.98 Å². The molecule has 68 valence electrons. The summed E-state index contributed by atoms with van der Waals surface area (Å²) in [6.07, 6.45) is 0. The van der Waals surface area contributed by atoms with Crippen molar-refractivity contribution in [2.45, 2.75) is 6.92 Å². The molecular formula is C9H10BrN3. The Hall–Kier alpha value is -1.03. The van der Waals surface area contributed by atoms with E-state index in [1.165, 1.54) is 0 Å². The molecule has 0 saturated heterocycles. The summed E-state index contributed by atoms with van der Waals surface area (Å²) in [6.45, 7) is 1.97. The normalized spacial score (nSPS) is 11.0. The monoisotopic (exact) mass is 239 g/mol. The number of fused-ring (bicyclic) bond motifs is 1. The van der Waals surface area contributed by atoms with E-state index in [1.807, 2.05) is 30.7 Å². The molecule has 13 heavy (non-hydrogen) atoms. The van der Waals surface area contributed by atoms with Gasteiger partial charge in [0.1, 0.15) is 5.82 Å². The molecule has 0 atom stereocenters. The molecule has 2 aromatic rings. The Labute approximate surface area is 84.7 Å². The highest BCUT2D eigenvalue weighted by Gasteiger charge is 2.07. The molecule has 0 saturated carbocycles. The third kappa shape index (κ3) is 1.21. The fourth-order valence-corrected chi connectivity index (χ4v) is 2.17. The Balaban J connectivity index is 2.94. The number of anilines is 1. The number of benzene rings is 1. The standard InChI is InChI=1S/C9H10BrN3/c1-5-12-8-4-6(11)3-7(10)9(8)13(5)2/h3-4H,11H2,1-2H3. The van der Waals surface area contributed by atoms with Crippen molar-refractivity contribution in [1.82, 2.24) is 9.55 Å². The van der Waals surface area contributed by atoms with Gasteiger partial charge < -0.3 is 10.3 Å². The smallest absolute Gasteiger partial charge is 0.106 e. The van der Waals surface area contributed by atoms with E-state index in [0.29, 0.717) is 0 Å². The summed E-state index contributed by atoms with van der Waals surface area (Å²) in [5.74, 6) is 0.987. The maximum Gasteiger partial charge on any atom is 0.106 e. The van der Waals surface area contributed by atoms with Crippen LogP contribution in [-0.4, -0.2) is 9.55 Å². The summed E-state index contributed by atoms with van der Waals surface area (Å²) in [5, 5.41) is 0. The first kappa shape index (κ1) is 8.56. The summed E-state index contributed by atoms with van der Waals surface area (Å²) in [7, 11) is 1.99. The van der Waals surface area contributed by atoms with E-state index in [9.17, 15) is 0 Å². The van der Waals surface area contributed by atoms with Crippen LogP contribution in [0.4, 0.5) is 5.69 Å². The molecule has 4 heteroatoms. The van der Waals surface area contributed by atoms with Crippen LogP contribution in [0.15, 0.2) is 16.6 Å². The number of rotatable bonds is 0. The zero-order valence-corrected chi connectivity index (χ0v) is 9.09. The van der Waals surface area contributed by atoms with Crippen LogP contribution in [0.1, 0.15) is 5.82 Å².